The minimum atomic E-state index is -1.20. The maximum atomic E-state index is 14.3. The van der Waals surface area contributed by atoms with Crippen molar-refractivity contribution in [2.45, 2.75) is 70.2 Å². The van der Waals surface area contributed by atoms with E-state index in [1.54, 1.807) is 48.5 Å². The van der Waals surface area contributed by atoms with Crippen molar-refractivity contribution in [2.24, 2.45) is 17.6 Å². The van der Waals surface area contributed by atoms with Crippen LogP contribution in [0.25, 0.3) is 0 Å². The lowest BCUT2D eigenvalue weighted by molar-refractivity contribution is -0.133. The van der Waals surface area contributed by atoms with Crippen molar-refractivity contribution in [3.8, 4) is 0 Å². The molecule has 0 heterocycles. The topological polar surface area (TPSA) is 168 Å². The molecule has 306 valence electrons. The normalized spacial score (nSPS) is 13.6. The maximum Gasteiger partial charge on any atom is 0.251 e. The zero-order valence-corrected chi connectivity index (χ0v) is 34.8. The van der Waals surface area contributed by atoms with Crippen LogP contribution >= 0.6 is 15.9 Å². The average molecular weight is 860 g/mol. The lowest BCUT2D eigenvalue weighted by Gasteiger charge is -2.29. The van der Waals surface area contributed by atoms with Gasteiger partial charge in [-0.15, -0.1) is 0 Å². The van der Waals surface area contributed by atoms with E-state index in [1.807, 2.05) is 105 Å². The van der Waals surface area contributed by atoms with Gasteiger partial charge in [0.2, 0.25) is 17.7 Å². The van der Waals surface area contributed by atoms with Crippen LogP contribution in [-0.4, -0.2) is 58.7 Å². The summed E-state index contributed by atoms with van der Waals surface area (Å²) in [4.78, 5) is 67.4. The van der Waals surface area contributed by atoms with Gasteiger partial charge in [0.15, 0.2) is 5.78 Å². The third-order valence-corrected chi connectivity index (χ3v) is 10.6. The van der Waals surface area contributed by atoms with E-state index in [-0.39, 0.29) is 43.8 Å². The molecule has 5 aromatic rings. The minimum Gasteiger partial charge on any atom is -0.391 e. The number of carbonyl (C=O) groups excluding carboxylic acids is 5. The van der Waals surface area contributed by atoms with Gasteiger partial charge in [0, 0.05) is 33.5 Å². The fourth-order valence-corrected chi connectivity index (χ4v) is 7.18. The lowest BCUT2D eigenvalue weighted by atomic mass is 9.88. The van der Waals surface area contributed by atoms with Gasteiger partial charge < -0.3 is 26.8 Å². The largest absolute Gasteiger partial charge is 0.391 e. The van der Waals surface area contributed by atoms with Gasteiger partial charge in [0.05, 0.1) is 12.1 Å². The van der Waals surface area contributed by atoms with Crippen LogP contribution in [0.15, 0.2) is 144 Å². The monoisotopic (exact) mass is 858 g/mol. The third kappa shape index (κ3) is 13.6. The number of rotatable bonds is 20. The number of primary amides is 1. The summed E-state index contributed by atoms with van der Waals surface area (Å²) >= 11 is 3.38. The highest BCUT2D eigenvalue weighted by atomic mass is 79.9. The van der Waals surface area contributed by atoms with E-state index in [1.165, 1.54) is 0 Å². The number of amides is 4. The molecule has 0 bridgehead atoms. The van der Waals surface area contributed by atoms with Crippen molar-refractivity contribution in [1.29, 1.82) is 0 Å². The molecular weight excluding hydrogens is 808 g/mol. The van der Waals surface area contributed by atoms with Crippen LogP contribution < -0.4 is 21.7 Å². The Hall–Kier alpha value is -5.91. The van der Waals surface area contributed by atoms with Crippen LogP contribution in [0.5, 0.6) is 0 Å². The summed E-state index contributed by atoms with van der Waals surface area (Å²) in [5.41, 5.74) is 9.48. The van der Waals surface area contributed by atoms with Crippen LogP contribution in [0.4, 0.5) is 0 Å². The van der Waals surface area contributed by atoms with Crippen LogP contribution in [0.2, 0.25) is 0 Å². The molecule has 0 aliphatic rings. The summed E-state index contributed by atoms with van der Waals surface area (Å²) in [5.74, 6) is -3.14. The SMILES string of the molecule is CC(C)C[C@H](NC(=O)[C@H](Cc1ccccc1)C[C@@H](O)[C@H](Cc1ccccc1)NC(=O)c1ccc(C(=O)c2ccc(Br)cc2)cc1)C(=O)N[C@@H](Cc1ccccc1)C(N)=O. The number of carbonyl (C=O) groups is 5. The molecular formula is C48H51BrN4O6. The number of hydrogen-bond acceptors (Lipinski definition) is 6. The van der Waals surface area contributed by atoms with Gasteiger partial charge in [-0.3, -0.25) is 24.0 Å². The Morgan fingerprint density at radius 3 is 1.53 bits per heavy atom. The van der Waals surface area contributed by atoms with E-state index in [0.717, 1.165) is 21.2 Å². The van der Waals surface area contributed by atoms with Gasteiger partial charge in [-0.05, 0) is 84.7 Å². The summed E-state index contributed by atoms with van der Waals surface area (Å²) < 4.78 is 0.855. The standard InChI is InChI=1S/C48H51BrN4O6/c1-31(2)26-42(48(59)52-41(45(50)56)29-34-16-10-5-11-17-34)53-47(58)38(27-32-12-6-3-7-13-32)30-43(54)40(28-33-14-8-4-9-15-33)51-46(57)37-20-18-35(19-21-37)44(55)36-22-24-39(49)25-23-36/h3-25,31,38,40-43,54H,26-30H2,1-2H3,(H2,50,56)(H,51,57)(H,52,59)(H,53,58)/t38-,40+,41+,42+,43-/m1/s1. The Morgan fingerprint density at radius 2 is 1.02 bits per heavy atom. The summed E-state index contributed by atoms with van der Waals surface area (Å²) in [6.07, 6.45) is -0.253. The Balaban J connectivity index is 1.35. The molecule has 0 aliphatic heterocycles. The maximum absolute atomic E-state index is 14.3. The number of hydrogen-bond donors (Lipinski definition) is 5. The first-order chi connectivity index (χ1) is 28.4. The number of halogens is 1. The molecule has 10 nitrogen and oxygen atoms in total. The first-order valence-electron chi connectivity index (χ1n) is 19.8. The summed E-state index contributed by atoms with van der Waals surface area (Å²) in [6.45, 7) is 3.86. The average Bonchev–Trinajstić information content (AvgIpc) is 3.23. The van der Waals surface area contributed by atoms with Crippen molar-refractivity contribution < 1.29 is 29.1 Å². The number of aliphatic hydroxyl groups is 1. The molecule has 5 atom stereocenters. The van der Waals surface area contributed by atoms with Gasteiger partial charge in [0.25, 0.3) is 5.91 Å². The van der Waals surface area contributed by atoms with Gasteiger partial charge in [-0.25, -0.2) is 0 Å². The minimum absolute atomic E-state index is 0.00351. The van der Waals surface area contributed by atoms with Gasteiger partial charge in [-0.1, -0.05) is 133 Å². The van der Waals surface area contributed by atoms with Gasteiger partial charge in [0.1, 0.15) is 12.1 Å². The molecule has 0 saturated carbocycles. The van der Waals surface area contributed by atoms with E-state index in [2.05, 4.69) is 31.9 Å². The number of nitrogens with one attached hydrogen (secondary N) is 3. The Morgan fingerprint density at radius 1 is 0.559 bits per heavy atom. The molecule has 6 N–H and O–H groups in total. The molecule has 0 saturated heterocycles. The smallest absolute Gasteiger partial charge is 0.251 e. The molecule has 0 aromatic heterocycles. The van der Waals surface area contributed by atoms with E-state index < -0.39 is 53.8 Å². The molecule has 4 amide bonds. The highest BCUT2D eigenvalue weighted by Crippen LogP contribution is 2.21. The Bertz CT molecular complexity index is 2150. The molecule has 11 heteroatoms. The summed E-state index contributed by atoms with van der Waals surface area (Å²) in [6, 6.07) is 38.5. The number of aliphatic hydroxyl groups excluding tert-OH is 1. The van der Waals surface area contributed by atoms with E-state index in [9.17, 15) is 29.1 Å². The number of benzene rings is 5. The molecule has 0 aliphatic carbocycles. The number of ketones is 1. The summed E-state index contributed by atoms with van der Waals surface area (Å²) in [5, 5.41) is 20.7. The van der Waals surface area contributed by atoms with Crippen molar-refractivity contribution >= 4 is 45.3 Å². The van der Waals surface area contributed by atoms with Crippen molar-refractivity contribution in [1.82, 2.24) is 16.0 Å². The third-order valence-electron chi connectivity index (χ3n) is 10.1. The van der Waals surface area contributed by atoms with Crippen molar-refractivity contribution in [3.05, 3.63) is 177 Å². The zero-order valence-electron chi connectivity index (χ0n) is 33.2. The van der Waals surface area contributed by atoms with Gasteiger partial charge >= 0.3 is 0 Å². The zero-order chi connectivity index (χ0) is 42.3. The van der Waals surface area contributed by atoms with Crippen LogP contribution in [0, 0.1) is 11.8 Å². The predicted molar refractivity (Wildman–Crippen MR) is 232 cm³/mol. The van der Waals surface area contributed by atoms with Crippen molar-refractivity contribution in [3.63, 3.8) is 0 Å². The number of nitrogens with two attached hydrogens (primary N) is 1. The Labute approximate surface area is 354 Å². The second-order valence-electron chi connectivity index (χ2n) is 15.2. The first kappa shape index (κ1) is 44.2. The van der Waals surface area contributed by atoms with E-state index in [0.29, 0.717) is 16.7 Å². The Kier molecular flexibility index (Phi) is 16.3. The molecule has 5 aromatic carbocycles. The highest BCUT2D eigenvalue weighted by Gasteiger charge is 2.33. The van der Waals surface area contributed by atoms with Crippen LogP contribution in [-0.2, 0) is 33.6 Å². The fourth-order valence-electron chi connectivity index (χ4n) is 6.92. The second kappa shape index (κ2) is 21.7. The molecule has 0 radical (unpaired) electrons. The molecule has 5 rings (SSSR count). The van der Waals surface area contributed by atoms with Crippen molar-refractivity contribution in [2.75, 3.05) is 0 Å². The first-order valence-corrected chi connectivity index (χ1v) is 20.6. The van der Waals surface area contributed by atoms with Crippen LogP contribution in [0.3, 0.4) is 0 Å². The quantitative estimate of drug-likeness (QED) is 0.0570. The summed E-state index contributed by atoms with van der Waals surface area (Å²) in [7, 11) is 0. The van der Waals surface area contributed by atoms with E-state index >= 15 is 0 Å². The molecule has 0 spiro atoms. The molecule has 0 fully saturated rings. The molecule has 59 heavy (non-hydrogen) atoms. The lowest BCUT2D eigenvalue weighted by Crippen LogP contribution is -2.55. The molecule has 0 unspecified atom stereocenters. The van der Waals surface area contributed by atoms with E-state index in [4.69, 9.17) is 5.73 Å². The predicted octanol–water partition coefficient (Wildman–Crippen LogP) is 6.37. The van der Waals surface area contributed by atoms with Crippen LogP contribution in [0.1, 0.15) is 69.7 Å². The highest BCUT2D eigenvalue weighted by molar-refractivity contribution is 9.10. The second-order valence-corrected chi connectivity index (χ2v) is 16.1. The van der Waals surface area contributed by atoms with Gasteiger partial charge in [-0.2, -0.15) is 0 Å². The fraction of sp³-hybridized carbons (Fsp3) is 0.271.